The number of carbonyl (C=O) groups is 2. The molecule has 5 nitrogen and oxygen atoms in total. The summed E-state index contributed by atoms with van der Waals surface area (Å²) in [6, 6.07) is 9.45. The molecule has 0 saturated carbocycles. The fourth-order valence-corrected chi connectivity index (χ4v) is 3.35. The zero-order valence-corrected chi connectivity index (χ0v) is 15.9. The first-order valence-electron chi connectivity index (χ1n) is 9.37. The van der Waals surface area contributed by atoms with Crippen LogP contribution in [0.1, 0.15) is 51.0 Å². The number of allylic oxidation sites excluding steroid dienone is 4. The Morgan fingerprint density at radius 3 is 2.64 bits per heavy atom. The number of nitrogens with two attached hydrogens (primary N) is 1. The fourth-order valence-electron chi connectivity index (χ4n) is 3.35. The molecule has 1 aromatic carbocycles. The monoisotopic (exact) mass is 376 g/mol. The van der Waals surface area contributed by atoms with E-state index in [1.807, 2.05) is 61.6 Å². The van der Waals surface area contributed by atoms with E-state index in [-0.39, 0.29) is 12.3 Å². The van der Waals surface area contributed by atoms with Gasteiger partial charge in [-0.05, 0) is 29.5 Å². The minimum Gasteiger partial charge on any atom is -0.457 e. The molecule has 0 amide bonds. The van der Waals surface area contributed by atoms with Gasteiger partial charge in [0.05, 0.1) is 17.0 Å². The van der Waals surface area contributed by atoms with E-state index < -0.39 is 5.97 Å². The Kier molecular flexibility index (Phi) is 6.40. The van der Waals surface area contributed by atoms with Crippen LogP contribution in [0.5, 0.6) is 0 Å². The Hall–Kier alpha value is -3.18. The third-order valence-corrected chi connectivity index (χ3v) is 4.73. The average Bonchev–Trinajstić information content (AvgIpc) is 2.94. The number of esters is 1. The first kappa shape index (κ1) is 19.6. The number of benzene rings is 1. The van der Waals surface area contributed by atoms with Crippen molar-refractivity contribution < 1.29 is 14.3 Å². The summed E-state index contributed by atoms with van der Waals surface area (Å²) in [6.07, 6.45) is 10.1. The lowest BCUT2D eigenvalue weighted by atomic mass is 9.98. The Labute approximate surface area is 164 Å². The lowest BCUT2D eigenvalue weighted by Crippen LogP contribution is -2.09. The van der Waals surface area contributed by atoms with Crippen molar-refractivity contribution in [2.45, 2.75) is 26.4 Å². The summed E-state index contributed by atoms with van der Waals surface area (Å²) in [4.78, 5) is 27.6. The van der Waals surface area contributed by atoms with Crippen molar-refractivity contribution in [2.75, 3.05) is 6.54 Å². The van der Waals surface area contributed by atoms with Crippen molar-refractivity contribution in [3.63, 3.8) is 0 Å². The fraction of sp³-hybridized carbons (Fsp3) is 0.217. The molecular weight excluding hydrogens is 352 g/mol. The first-order chi connectivity index (χ1) is 13.7. The van der Waals surface area contributed by atoms with Crippen molar-refractivity contribution >= 4 is 17.8 Å². The number of hydrogen-bond donors (Lipinski definition) is 2. The SMILES string of the molecule is CCc1c(C2=C(CN)C=CCC=C2)[nH]c(C=O)c1C(=O)OCc1ccccc1. The van der Waals surface area contributed by atoms with Gasteiger partial charge in [-0.25, -0.2) is 4.79 Å². The molecule has 5 heteroatoms. The standard InChI is InChI=1S/C23H24N2O3/c1-2-18-21(23(27)28-15-16-9-5-3-6-10-16)20(14-26)25-22(18)19-12-8-4-7-11-17(19)13-24/h3,5-12,14,25H,2,4,13,15,24H2,1H3. The summed E-state index contributed by atoms with van der Waals surface area (Å²) >= 11 is 0. The molecule has 0 bridgehead atoms. The molecule has 3 N–H and O–H groups in total. The molecule has 0 fully saturated rings. The van der Waals surface area contributed by atoms with E-state index in [1.54, 1.807) is 0 Å². The summed E-state index contributed by atoms with van der Waals surface area (Å²) in [5.74, 6) is -0.506. The largest absolute Gasteiger partial charge is 0.457 e. The number of aromatic nitrogens is 1. The van der Waals surface area contributed by atoms with Gasteiger partial charge in [0, 0.05) is 12.1 Å². The van der Waals surface area contributed by atoms with E-state index in [0.29, 0.717) is 24.8 Å². The summed E-state index contributed by atoms with van der Waals surface area (Å²) in [6.45, 7) is 2.47. The number of nitrogens with one attached hydrogen (secondary N) is 1. The van der Waals surface area contributed by atoms with E-state index in [0.717, 1.165) is 34.4 Å². The smallest absolute Gasteiger partial charge is 0.341 e. The molecule has 1 aliphatic carbocycles. The molecule has 3 rings (SSSR count). The lowest BCUT2D eigenvalue weighted by molar-refractivity contribution is 0.0470. The van der Waals surface area contributed by atoms with Crippen molar-refractivity contribution in [1.29, 1.82) is 0 Å². The van der Waals surface area contributed by atoms with Gasteiger partial charge < -0.3 is 15.5 Å². The van der Waals surface area contributed by atoms with E-state index in [9.17, 15) is 9.59 Å². The summed E-state index contributed by atoms with van der Waals surface area (Å²) in [5.41, 5.74) is 10.7. The van der Waals surface area contributed by atoms with Crippen LogP contribution >= 0.6 is 0 Å². The molecule has 1 aliphatic rings. The Bertz CT molecular complexity index is 950. The topological polar surface area (TPSA) is 85.2 Å². The highest BCUT2D eigenvalue weighted by molar-refractivity contribution is 6.01. The van der Waals surface area contributed by atoms with Gasteiger partial charge in [0.15, 0.2) is 6.29 Å². The van der Waals surface area contributed by atoms with Gasteiger partial charge in [0.1, 0.15) is 6.61 Å². The Morgan fingerprint density at radius 1 is 1.21 bits per heavy atom. The molecular formula is C23H24N2O3. The van der Waals surface area contributed by atoms with Gasteiger partial charge >= 0.3 is 5.97 Å². The van der Waals surface area contributed by atoms with Crippen LogP contribution in [-0.4, -0.2) is 23.8 Å². The van der Waals surface area contributed by atoms with Crippen LogP contribution in [0.25, 0.3) is 5.57 Å². The van der Waals surface area contributed by atoms with Crippen molar-refractivity contribution in [3.8, 4) is 0 Å². The second-order valence-electron chi connectivity index (χ2n) is 6.48. The quantitative estimate of drug-likeness (QED) is 0.565. The van der Waals surface area contributed by atoms with Gasteiger partial charge in [-0.2, -0.15) is 0 Å². The molecule has 28 heavy (non-hydrogen) atoms. The first-order valence-corrected chi connectivity index (χ1v) is 9.37. The van der Waals surface area contributed by atoms with Gasteiger partial charge in [-0.1, -0.05) is 61.6 Å². The lowest BCUT2D eigenvalue weighted by Gasteiger charge is -2.10. The van der Waals surface area contributed by atoms with Crippen molar-refractivity contribution in [2.24, 2.45) is 5.73 Å². The third kappa shape index (κ3) is 4.05. The van der Waals surface area contributed by atoms with Crippen molar-refractivity contribution in [3.05, 3.63) is 88.3 Å². The molecule has 2 aromatic rings. The molecule has 0 atom stereocenters. The van der Waals surface area contributed by atoms with Crippen LogP contribution in [-0.2, 0) is 17.8 Å². The second kappa shape index (κ2) is 9.15. The van der Waals surface area contributed by atoms with Gasteiger partial charge in [-0.3, -0.25) is 4.79 Å². The second-order valence-corrected chi connectivity index (χ2v) is 6.48. The van der Waals surface area contributed by atoms with Gasteiger partial charge in [0.25, 0.3) is 0 Å². The van der Waals surface area contributed by atoms with Gasteiger partial charge in [-0.15, -0.1) is 0 Å². The molecule has 1 heterocycles. The number of aldehydes is 1. The maximum Gasteiger partial charge on any atom is 0.341 e. The predicted octanol–water partition coefficient (Wildman–Crippen LogP) is 3.98. The van der Waals surface area contributed by atoms with Crippen LogP contribution < -0.4 is 5.73 Å². The van der Waals surface area contributed by atoms with Crippen molar-refractivity contribution in [1.82, 2.24) is 4.98 Å². The molecule has 144 valence electrons. The molecule has 0 unspecified atom stereocenters. The zero-order valence-electron chi connectivity index (χ0n) is 15.9. The normalized spacial score (nSPS) is 13.5. The number of hydrogen-bond acceptors (Lipinski definition) is 4. The number of carbonyl (C=O) groups excluding carboxylic acids is 2. The maximum atomic E-state index is 12.8. The molecule has 1 aromatic heterocycles. The summed E-state index contributed by atoms with van der Waals surface area (Å²) in [5, 5.41) is 0. The average molecular weight is 376 g/mol. The Morgan fingerprint density at radius 2 is 1.96 bits per heavy atom. The minimum atomic E-state index is -0.506. The van der Waals surface area contributed by atoms with E-state index >= 15 is 0 Å². The van der Waals surface area contributed by atoms with Crippen LogP contribution in [0.15, 0.2) is 60.2 Å². The van der Waals surface area contributed by atoms with E-state index in [2.05, 4.69) is 4.98 Å². The summed E-state index contributed by atoms with van der Waals surface area (Å²) < 4.78 is 5.49. The maximum absolute atomic E-state index is 12.8. The number of rotatable bonds is 7. The molecule has 0 spiro atoms. The Balaban J connectivity index is 2.00. The number of ether oxygens (including phenoxy) is 1. The van der Waals surface area contributed by atoms with Crippen LogP contribution in [0.4, 0.5) is 0 Å². The van der Waals surface area contributed by atoms with E-state index in [4.69, 9.17) is 10.5 Å². The predicted molar refractivity (Wildman–Crippen MR) is 110 cm³/mol. The van der Waals surface area contributed by atoms with E-state index in [1.165, 1.54) is 0 Å². The number of aromatic amines is 1. The number of H-pyrrole nitrogens is 1. The van der Waals surface area contributed by atoms with Crippen LogP contribution in [0.3, 0.4) is 0 Å². The minimum absolute atomic E-state index is 0.154. The van der Waals surface area contributed by atoms with Crippen LogP contribution in [0.2, 0.25) is 0 Å². The summed E-state index contributed by atoms with van der Waals surface area (Å²) in [7, 11) is 0. The highest BCUT2D eigenvalue weighted by Crippen LogP contribution is 2.30. The van der Waals surface area contributed by atoms with Gasteiger partial charge in [0.2, 0.25) is 0 Å². The highest BCUT2D eigenvalue weighted by Gasteiger charge is 2.25. The zero-order chi connectivity index (χ0) is 19.9. The van der Waals surface area contributed by atoms with Crippen LogP contribution in [0, 0.1) is 0 Å². The molecule has 0 aliphatic heterocycles. The molecule has 0 saturated heterocycles. The molecule has 0 radical (unpaired) electrons. The third-order valence-electron chi connectivity index (χ3n) is 4.73. The highest BCUT2D eigenvalue weighted by atomic mass is 16.5.